The van der Waals surface area contributed by atoms with Gasteiger partial charge in [-0.15, -0.1) is 10.2 Å². The molecule has 0 spiro atoms. The first kappa shape index (κ1) is 25.2. The van der Waals surface area contributed by atoms with E-state index in [0.717, 1.165) is 22.6 Å². The van der Waals surface area contributed by atoms with E-state index in [1.807, 2.05) is 84.3 Å². The van der Waals surface area contributed by atoms with Crippen LogP contribution in [0.1, 0.15) is 12.5 Å². The molecule has 182 valence electrons. The number of aromatic nitrogens is 3. The Hall–Kier alpha value is -3.88. The molecule has 0 aliphatic heterocycles. The predicted molar refractivity (Wildman–Crippen MR) is 146 cm³/mol. The number of hydrogen-bond acceptors (Lipinski definition) is 6. The molecule has 7 nitrogen and oxygen atoms in total. The van der Waals surface area contributed by atoms with Gasteiger partial charge in [0.05, 0.1) is 12.4 Å². The third kappa shape index (κ3) is 6.84. The molecule has 36 heavy (non-hydrogen) atoms. The van der Waals surface area contributed by atoms with E-state index < -0.39 is 0 Å². The second-order valence-corrected chi connectivity index (χ2v) is 8.83. The van der Waals surface area contributed by atoms with Crippen molar-refractivity contribution >= 4 is 41.6 Å². The first-order valence-corrected chi connectivity index (χ1v) is 12.6. The molecule has 0 saturated heterocycles. The van der Waals surface area contributed by atoms with Crippen molar-refractivity contribution in [2.24, 2.45) is 5.10 Å². The van der Waals surface area contributed by atoms with Gasteiger partial charge in [-0.2, -0.15) is 5.10 Å². The fourth-order valence-corrected chi connectivity index (χ4v) is 4.14. The van der Waals surface area contributed by atoms with Gasteiger partial charge in [-0.3, -0.25) is 9.36 Å². The molecule has 4 aromatic rings. The van der Waals surface area contributed by atoms with Gasteiger partial charge in [0.15, 0.2) is 11.0 Å². The number of benzene rings is 3. The lowest BCUT2D eigenvalue weighted by atomic mass is 10.2. The third-order valence-electron chi connectivity index (χ3n) is 4.91. The Bertz CT molecular complexity index is 1340. The predicted octanol–water partition coefficient (Wildman–Crippen LogP) is 5.89. The van der Waals surface area contributed by atoms with Gasteiger partial charge in [-0.1, -0.05) is 59.8 Å². The number of ether oxygens (including phenoxy) is 1. The second-order valence-electron chi connectivity index (χ2n) is 7.45. The highest BCUT2D eigenvalue weighted by Gasteiger charge is 2.17. The number of nitrogens with one attached hydrogen (secondary N) is 1. The van der Waals surface area contributed by atoms with E-state index in [2.05, 4.69) is 20.7 Å². The Morgan fingerprint density at radius 3 is 2.53 bits per heavy atom. The molecule has 9 heteroatoms. The normalized spacial score (nSPS) is 11.3. The van der Waals surface area contributed by atoms with Gasteiger partial charge in [0.25, 0.3) is 5.91 Å². The van der Waals surface area contributed by atoms with Crippen LogP contribution in [0.4, 0.5) is 0 Å². The maximum absolute atomic E-state index is 12.4. The van der Waals surface area contributed by atoms with Crippen LogP contribution in [0, 0.1) is 0 Å². The maximum atomic E-state index is 12.4. The summed E-state index contributed by atoms with van der Waals surface area (Å²) < 4.78 is 7.47. The van der Waals surface area contributed by atoms with Gasteiger partial charge in [-0.25, -0.2) is 5.43 Å². The number of hydrogen-bond donors (Lipinski definition) is 1. The highest BCUT2D eigenvalue weighted by Crippen LogP contribution is 2.29. The quantitative estimate of drug-likeness (QED) is 0.161. The molecule has 0 atom stereocenters. The minimum Gasteiger partial charge on any atom is -0.494 e. The van der Waals surface area contributed by atoms with Crippen LogP contribution in [-0.2, 0) is 4.79 Å². The lowest BCUT2D eigenvalue weighted by molar-refractivity contribution is -0.118. The molecule has 1 amide bonds. The molecule has 0 saturated carbocycles. The first-order chi connectivity index (χ1) is 17.6. The monoisotopic (exact) mass is 517 g/mol. The zero-order chi connectivity index (χ0) is 25.2. The number of nitrogens with zero attached hydrogens (tertiary/aromatic N) is 4. The van der Waals surface area contributed by atoms with Crippen LogP contribution < -0.4 is 10.2 Å². The molecule has 0 aliphatic rings. The van der Waals surface area contributed by atoms with E-state index in [1.54, 1.807) is 18.2 Å². The number of hydrazone groups is 1. The van der Waals surface area contributed by atoms with Crippen molar-refractivity contribution in [3.05, 3.63) is 95.5 Å². The molecular formula is C27H24ClN5O2S. The van der Waals surface area contributed by atoms with Crippen LogP contribution in [0.5, 0.6) is 5.75 Å². The van der Waals surface area contributed by atoms with Crippen molar-refractivity contribution in [3.63, 3.8) is 0 Å². The average molecular weight is 518 g/mol. The Labute approximate surface area is 218 Å². The van der Waals surface area contributed by atoms with E-state index in [9.17, 15) is 4.79 Å². The van der Waals surface area contributed by atoms with Crippen LogP contribution >= 0.6 is 23.4 Å². The number of halogens is 1. The van der Waals surface area contributed by atoms with Gasteiger partial charge in [0.2, 0.25) is 0 Å². The average Bonchev–Trinajstić information content (AvgIpc) is 3.33. The number of amides is 1. The standard InChI is InChI=1S/C27H24ClN5O2S/c1-2-35-24-16-14-23(15-17-24)33-26(21-10-12-22(28)13-11-21)31-32-27(33)36-19-25(34)30-29-18-6-9-20-7-4-3-5-8-20/h3-18H,2,19H2,1H3,(H,30,34)/b9-6+,29-18-. The summed E-state index contributed by atoms with van der Waals surface area (Å²) in [6, 6.07) is 24.9. The number of rotatable bonds is 10. The SMILES string of the molecule is CCOc1ccc(-n2c(SCC(=O)N/N=C\C=C\c3ccccc3)nnc2-c2ccc(Cl)cc2)cc1. The molecule has 4 rings (SSSR count). The molecule has 1 heterocycles. The van der Waals surface area contributed by atoms with Crippen LogP contribution in [0.25, 0.3) is 23.2 Å². The summed E-state index contributed by atoms with van der Waals surface area (Å²) in [5.74, 6) is 1.28. The van der Waals surface area contributed by atoms with Crippen molar-refractivity contribution in [3.8, 4) is 22.8 Å². The van der Waals surface area contributed by atoms with Gasteiger partial charge >= 0.3 is 0 Å². The molecule has 0 radical (unpaired) electrons. The van der Waals surface area contributed by atoms with Crippen LogP contribution in [0.15, 0.2) is 95.2 Å². The Balaban J connectivity index is 1.47. The zero-order valence-electron chi connectivity index (χ0n) is 19.5. The summed E-state index contributed by atoms with van der Waals surface area (Å²) in [7, 11) is 0. The highest BCUT2D eigenvalue weighted by molar-refractivity contribution is 7.99. The molecule has 0 unspecified atom stereocenters. The van der Waals surface area contributed by atoms with Crippen LogP contribution in [0.2, 0.25) is 5.02 Å². The molecule has 0 aliphatic carbocycles. The number of thioether (sulfide) groups is 1. The lowest BCUT2D eigenvalue weighted by Gasteiger charge is -2.11. The largest absolute Gasteiger partial charge is 0.494 e. The van der Waals surface area contributed by atoms with Gasteiger partial charge < -0.3 is 4.74 Å². The summed E-state index contributed by atoms with van der Waals surface area (Å²) >= 11 is 7.34. The fraction of sp³-hybridized carbons (Fsp3) is 0.111. The topological polar surface area (TPSA) is 81.4 Å². The number of carbonyl (C=O) groups is 1. The Morgan fingerprint density at radius 1 is 1.06 bits per heavy atom. The maximum Gasteiger partial charge on any atom is 0.250 e. The molecule has 0 fully saturated rings. The summed E-state index contributed by atoms with van der Waals surface area (Å²) in [4.78, 5) is 12.4. The minimum absolute atomic E-state index is 0.121. The van der Waals surface area contributed by atoms with Crippen molar-refractivity contribution in [2.75, 3.05) is 12.4 Å². The van der Waals surface area contributed by atoms with E-state index in [0.29, 0.717) is 22.6 Å². The van der Waals surface area contributed by atoms with Crippen molar-refractivity contribution < 1.29 is 9.53 Å². The van der Waals surface area contributed by atoms with Crippen LogP contribution in [0.3, 0.4) is 0 Å². The smallest absolute Gasteiger partial charge is 0.250 e. The number of carbonyl (C=O) groups excluding carboxylic acids is 1. The highest BCUT2D eigenvalue weighted by atomic mass is 35.5. The molecular weight excluding hydrogens is 494 g/mol. The second kappa shape index (κ2) is 12.7. The third-order valence-corrected chi connectivity index (χ3v) is 6.09. The molecule has 3 aromatic carbocycles. The Kier molecular flexibility index (Phi) is 8.91. The zero-order valence-corrected chi connectivity index (χ0v) is 21.1. The first-order valence-electron chi connectivity index (χ1n) is 11.2. The minimum atomic E-state index is -0.251. The summed E-state index contributed by atoms with van der Waals surface area (Å²) in [5.41, 5.74) is 5.29. The van der Waals surface area contributed by atoms with Gasteiger partial charge in [0.1, 0.15) is 5.75 Å². The van der Waals surface area contributed by atoms with E-state index in [4.69, 9.17) is 16.3 Å². The fourth-order valence-electron chi connectivity index (χ4n) is 3.27. The van der Waals surface area contributed by atoms with Crippen LogP contribution in [-0.4, -0.2) is 39.2 Å². The molecule has 1 N–H and O–H groups in total. The Morgan fingerprint density at radius 2 is 1.81 bits per heavy atom. The van der Waals surface area contributed by atoms with Gasteiger partial charge in [0, 0.05) is 22.5 Å². The van der Waals surface area contributed by atoms with Crippen molar-refractivity contribution in [1.82, 2.24) is 20.2 Å². The summed E-state index contributed by atoms with van der Waals surface area (Å²) in [6.45, 7) is 2.53. The van der Waals surface area contributed by atoms with Crippen molar-refractivity contribution in [2.45, 2.75) is 12.1 Å². The summed E-state index contributed by atoms with van der Waals surface area (Å²) in [5, 5.41) is 13.9. The van der Waals surface area contributed by atoms with E-state index >= 15 is 0 Å². The number of allylic oxidation sites excluding steroid dienone is 1. The van der Waals surface area contributed by atoms with E-state index in [1.165, 1.54) is 18.0 Å². The molecule has 1 aromatic heterocycles. The van der Waals surface area contributed by atoms with E-state index in [-0.39, 0.29) is 11.7 Å². The lowest BCUT2D eigenvalue weighted by Crippen LogP contribution is -2.19. The van der Waals surface area contributed by atoms with Gasteiger partial charge in [-0.05, 0) is 67.1 Å². The summed E-state index contributed by atoms with van der Waals surface area (Å²) in [6.07, 6.45) is 5.21. The van der Waals surface area contributed by atoms with Crippen molar-refractivity contribution in [1.29, 1.82) is 0 Å². The molecule has 0 bridgehead atoms.